The maximum atomic E-state index is 13.7. The Balaban J connectivity index is 1.69. The number of fused-ring (bicyclic) bond motifs is 1. The lowest BCUT2D eigenvalue weighted by molar-refractivity contribution is -0.137. The lowest BCUT2D eigenvalue weighted by atomic mass is 9.84. The zero-order valence-corrected chi connectivity index (χ0v) is 21.9. The average molecular weight is 487 g/mol. The molecule has 36 heavy (non-hydrogen) atoms. The molecule has 1 aromatic heterocycles. The first-order chi connectivity index (χ1) is 17.1. The predicted molar refractivity (Wildman–Crippen MR) is 140 cm³/mol. The zero-order valence-electron chi connectivity index (χ0n) is 21.9. The highest BCUT2D eigenvalue weighted by Gasteiger charge is 2.27. The molecule has 6 heteroatoms. The highest BCUT2D eigenvalue weighted by atomic mass is 16.5. The van der Waals surface area contributed by atoms with Crippen molar-refractivity contribution in [3.05, 3.63) is 92.2 Å². The Morgan fingerprint density at radius 2 is 1.69 bits per heavy atom. The van der Waals surface area contributed by atoms with Crippen LogP contribution in [0.1, 0.15) is 72.8 Å². The zero-order chi connectivity index (χ0) is 26.1. The minimum atomic E-state index is -0.870. The van der Waals surface area contributed by atoms with Gasteiger partial charge in [-0.1, -0.05) is 24.3 Å². The van der Waals surface area contributed by atoms with Gasteiger partial charge in [-0.25, -0.2) is 4.98 Å². The van der Waals surface area contributed by atoms with Gasteiger partial charge in [0, 0.05) is 36.8 Å². The number of carbonyl (C=O) groups is 2. The van der Waals surface area contributed by atoms with Gasteiger partial charge >= 0.3 is 5.97 Å². The van der Waals surface area contributed by atoms with Gasteiger partial charge in [-0.2, -0.15) is 0 Å². The molecule has 2 aromatic carbocycles. The molecule has 0 fully saturated rings. The molecule has 1 aliphatic rings. The molecule has 0 spiro atoms. The Bertz CT molecular complexity index is 1320. The van der Waals surface area contributed by atoms with Gasteiger partial charge < -0.3 is 14.7 Å². The molecule has 1 amide bonds. The largest absolute Gasteiger partial charge is 0.481 e. The summed E-state index contributed by atoms with van der Waals surface area (Å²) >= 11 is 0. The molecular formula is C30H34N2O4. The van der Waals surface area contributed by atoms with Gasteiger partial charge in [0.05, 0.1) is 13.5 Å². The van der Waals surface area contributed by atoms with Gasteiger partial charge in [0.25, 0.3) is 5.91 Å². The lowest BCUT2D eigenvalue weighted by Crippen LogP contribution is -2.37. The number of aliphatic carboxylic acids is 1. The number of methoxy groups -OCH3 is 1. The summed E-state index contributed by atoms with van der Waals surface area (Å²) in [6.07, 6.45) is 2.44. The number of pyridine rings is 1. The quantitative estimate of drug-likeness (QED) is 0.502. The van der Waals surface area contributed by atoms with Crippen molar-refractivity contribution in [1.29, 1.82) is 0 Å². The normalized spacial score (nSPS) is 13.8. The van der Waals surface area contributed by atoms with Crippen LogP contribution >= 0.6 is 0 Å². The summed E-state index contributed by atoms with van der Waals surface area (Å²) in [5.41, 5.74) is 10.1. The summed E-state index contributed by atoms with van der Waals surface area (Å²) in [5.74, 6) is -0.654. The summed E-state index contributed by atoms with van der Waals surface area (Å²) in [5, 5.41) is 9.68. The van der Waals surface area contributed by atoms with Crippen LogP contribution < -0.4 is 4.74 Å². The Morgan fingerprint density at radius 1 is 1.00 bits per heavy atom. The van der Waals surface area contributed by atoms with E-state index >= 15 is 0 Å². The number of aryl methyl sites for hydroxylation is 3. The third-order valence-corrected chi connectivity index (χ3v) is 7.60. The Morgan fingerprint density at radius 3 is 2.31 bits per heavy atom. The smallest absolute Gasteiger partial charge is 0.304 e. The van der Waals surface area contributed by atoms with Crippen LogP contribution in [0.25, 0.3) is 0 Å². The first-order valence-electron chi connectivity index (χ1n) is 12.3. The number of carbonyl (C=O) groups excluding carboxylic acids is 1. The van der Waals surface area contributed by atoms with Crippen molar-refractivity contribution in [3.63, 3.8) is 0 Å². The highest BCUT2D eigenvalue weighted by Crippen LogP contribution is 2.34. The minimum Gasteiger partial charge on any atom is -0.481 e. The number of aromatic nitrogens is 1. The molecule has 0 radical (unpaired) electrons. The number of amides is 1. The second-order valence-corrected chi connectivity index (χ2v) is 9.87. The molecule has 1 N–H and O–H groups in total. The molecule has 6 nitrogen and oxygen atoms in total. The van der Waals surface area contributed by atoms with E-state index in [0.29, 0.717) is 19.0 Å². The molecule has 1 aliphatic heterocycles. The summed E-state index contributed by atoms with van der Waals surface area (Å²) in [6, 6.07) is 10.1. The molecule has 0 aliphatic carbocycles. The summed E-state index contributed by atoms with van der Waals surface area (Å²) in [4.78, 5) is 31.7. The van der Waals surface area contributed by atoms with Crippen LogP contribution in [0.3, 0.4) is 0 Å². The van der Waals surface area contributed by atoms with E-state index in [4.69, 9.17) is 4.74 Å². The number of carboxylic acid groups (broad SMARTS) is 1. The molecule has 1 unspecified atom stereocenters. The second-order valence-electron chi connectivity index (χ2n) is 9.87. The standard InChI is InChI=1S/C30H34N2O4/c1-17-11-18(2)21(5)29(20(17)4)30(35)32-10-9-22-7-8-23(13-24(22)16-32)25(14-28(33)34)26-15-31-27(36-6)12-19(26)3/h7-8,11-13,15,25H,9-10,14,16H2,1-6H3,(H,33,34). The molecule has 0 saturated carbocycles. The lowest BCUT2D eigenvalue weighted by Gasteiger charge is -2.31. The number of nitrogens with zero attached hydrogens (tertiary/aromatic N) is 2. The Kier molecular flexibility index (Phi) is 7.16. The highest BCUT2D eigenvalue weighted by molar-refractivity contribution is 5.98. The molecule has 188 valence electrons. The topological polar surface area (TPSA) is 79.7 Å². The third-order valence-electron chi connectivity index (χ3n) is 7.60. The van der Waals surface area contributed by atoms with E-state index in [9.17, 15) is 14.7 Å². The monoisotopic (exact) mass is 486 g/mol. The molecule has 1 atom stereocenters. The maximum Gasteiger partial charge on any atom is 0.304 e. The fourth-order valence-electron chi connectivity index (χ4n) is 5.26. The van der Waals surface area contributed by atoms with Crippen molar-refractivity contribution < 1.29 is 19.4 Å². The van der Waals surface area contributed by atoms with Crippen LogP contribution in [-0.4, -0.2) is 40.5 Å². The number of carboxylic acids is 1. The number of benzene rings is 2. The van der Waals surface area contributed by atoms with Crippen LogP contribution in [0, 0.1) is 34.6 Å². The van der Waals surface area contributed by atoms with Crippen molar-refractivity contribution in [1.82, 2.24) is 9.88 Å². The van der Waals surface area contributed by atoms with E-state index in [1.807, 2.05) is 37.8 Å². The van der Waals surface area contributed by atoms with Crippen LogP contribution in [-0.2, 0) is 17.8 Å². The van der Waals surface area contributed by atoms with Crippen molar-refractivity contribution in [3.8, 4) is 5.88 Å². The van der Waals surface area contributed by atoms with Crippen LogP contribution in [0.2, 0.25) is 0 Å². The van der Waals surface area contributed by atoms with E-state index < -0.39 is 5.97 Å². The average Bonchev–Trinajstić information content (AvgIpc) is 2.85. The van der Waals surface area contributed by atoms with Gasteiger partial charge in [-0.3, -0.25) is 9.59 Å². The first kappa shape index (κ1) is 25.4. The number of ether oxygens (including phenoxy) is 1. The first-order valence-corrected chi connectivity index (χ1v) is 12.3. The number of rotatable bonds is 6. The molecule has 0 saturated heterocycles. The van der Waals surface area contributed by atoms with Gasteiger partial charge in [0.1, 0.15) is 0 Å². The molecule has 0 bridgehead atoms. The Hall–Kier alpha value is -3.67. The maximum absolute atomic E-state index is 13.7. The van der Waals surface area contributed by atoms with Crippen molar-refractivity contribution >= 4 is 11.9 Å². The van der Waals surface area contributed by atoms with Gasteiger partial charge in [0.15, 0.2) is 0 Å². The van der Waals surface area contributed by atoms with Gasteiger partial charge in [0.2, 0.25) is 5.88 Å². The van der Waals surface area contributed by atoms with Crippen LogP contribution in [0.5, 0.6) is 5.88 Å². The fourth-order valence-corrected chi connectivity index (χ4v) is 5.26. The Labute approximate surface area is 212 Å². The summed E-state index contributed by atoms with van der Waals surface area (Å²) in [6.45, 7) is 11.3. The van der Waals surface area contributed by atoms with Gasteiger partial charge in [-0.05, 0) is 91.1 Å². The van der Waals surface area contributed by atoms with E-state index in [1.54, 1.807) is 13.3 Å². The SMILES string of the molecule is COc1cc(C)c(C(CC(=O)O)c2ccc3c(c2)CN(C(=O)c2c(C)c(C)cc(C)c2C)CC3)cn1. The van der Waals surface area contributed by atoms with E-state index in [-0.39, 0.29) is 18.2 Å². The summed E-state index contributed by atoms with van der Waals surface area (Å²) < 4.78 is 5.23. The number of hydrogen-bond donors (Lipinski definition) is 1. The molecule has 3 aromatic rings. The predicted octanol–water partition coefficient (Wildman–Crippen LogP) is 5.44. The van der Waals surface area contributed by atoms with Gasteiger partial charge in [-0.15, -0.1) is 0 Å². The van der Waals surface area contributed by atoms with E-state index in [0.717, 1.165) is 56.5 Å². The molecule has 2 heterocycles. The molecule has 4 rings (SSSR count). The van der Waals surface area contributed by atoms with Crippen molar-refractivity contribution in [2.24, 2.45) is 0 Å². The third kappa shape index (κ3) is 4.85. The summed E-state index contributed by atoms with van der Waals surface area (Å²) in [7, 11) is 1.56. The number of hydrogen-bond acceptors (Lipinski definition) is 4. The fraction of sp³-hybridized carbons (Fsp3) is 0.367. The van der Waals surface area contributed by atoms with Crippen molar-refractivity contribution in [2.45, 2.75) is 59.9 Å². The van der Waals surface area contributed by atoms with Crippen LogP contribution in [0.4, 0.5) is 0 Å². The van der Waals surface area contributed by atoms with Crippen LogP contribution in [0.15, 0.2) is 36.5 Å². The molecular weight excluding hydrogens is 452 g/mol. The van der Waals surface area contributed by atoms with E-state index in [2.05, 4.69) is 37.0 Å². The minimum absolute atomic E-state index is 0.0444. The van der Waals surface area contributed by atoms with Crippen molar-refractivity contribution in [2.75, 3.05) is 13.7 Å². The van der Waals surface area contributed by atoms with E-state index in [1.165, 1.54) is 5.56 Å². The second kappa shape index (κ2) is 10.1.